The van der Waals surface area contributed by atoms with E-state index in [9.17, 15) is 0 Å². The van der Waals surface area contributed by atoms with E-state index in [0.717, 1.165) is 17.9 Å². The SMILES string of the molecule is CC(C)(C)NCc1cncnc1-n1ccnc1. The molecule has 0 aromatic carbocycles. The van der Waals surface area contributed by atoms with Gasteiger partial charge in [-0.05, 0) is 20.8 Å². The van der Waals surface area contributed by atoms with Gasteiger partial charge in [-0.2, -0.15) is 0 Å². The lowest BCUT2D eigenvalue weighted by Gasteiger charge is -2.21. The van der Waals surface area contributed by atoms with Crippen molar-refractivity contribution in [2.75, 3.05) is 0 Å². The maximum absolute atomic E-state index is 4.29. The van der Waals surface area contributed by atoms with Crippen LogP contribution < -0.4 is 5.32 Å². The van der Waals surface area contributed by atoms with Crippen LogP contribution in [0.4, 0.5) is 0 Å². The molecule has 1 N–H and O–H groups in total. The highest BCUT2D eigenvalue weighted by Crippen LogP contribution is 2.11. The summed E-state index contributed by atoms with van der Waals surface area (Å²) in [6.45, 7) is 7.13. The quantitative estimate of drug-likeness (QED) is 0.870. The predicted octanol–water partition coefficient (Wildman–Crippen LogP) is 1.55. The summed E-state index contributed by atoms with van der Waals surface area (Å²) in [6, 6.07) is 0. The average molecular weight is 231 g/mol. The maximum Gasteiger partial charge on any atom is 0.145 e. The monoisotopic (exact) mass is 231 g/mol. The largest absolute Gasteiger partial charge is 0.308 e. The van der Waals surface area contributed by atoms with Crippen molar-refractivity contribution >= 4 is 0 Å². The molecule has 2 heterocycles. The fourth-order valence-corrected chi connectivity index (χ4v) is 1.45. The first kappa shape index (κ1) is 11.7. The number of aromatic nitrogens is 4. The Morgan fingerprint density at radius 2 is 2.12 bits per heavy atom. The Balaban J connectivity index is 2.23. The smallest absolute Gasteiger partial charge is 0.145 e. The van der Waals surface area contributed by atoms with Crippen molar-refractivity contribution in [3.8, 4) is 5.82 Å². The average Bonchev–Trinajstić information content (AvgIpc) is 2.79. The molecule has 17 heavy (non-hydrogen) atoms. The van der Waals surface area contributed by atoms with Gasteiger partial charge in [-0.25, -0.2) is 15.0 Å². The van der Waals surface area contributed by atoms with E-state index in [0.29, 0.717) is 0 Å². The van der Waals surface area contributed by atoms with Gasteiger partial charge in [-0.1, -0.05) is 0 Å². The highest BCUT2D eigenvalue weighted by atomic mass is 15.1. The molecule has 0 bridgehead atoms. The van der Waals surface area contributed by atoms with E-state index in [1.807, 2.05) is 17.0 Å². The van der Waals surface area contributed by atoms with E-state index in [1.165, 1.54) is 0 Å². The molecule has 0 amide bonds. The molecule has 0 saturated carbocycles. The second-order valence-corrected chi connectivity index (χ2v) is 4.95. The van der Waals surface area contributed by atoms with Crippen LogP contribution in [0.2, 0.25) is 0 Å². The Morgan fingerprint density at radius 3 is 2.76 bits per heavy atom. The molecule has 0 saturated heterocycles. The molecule has 5 nitrogen and oxygen atoms in total. The summed E-state index contributed by atoms with van der Waals surface area (Å²) < 4.78 is 1.89. The van der Waals surface area contributed by atoms with E-state index in [2.05, 4.69) is 41.0 Å². The fourth-order valence-electron chi connectivity index (χ4n) is 1.45. The van der Waals surface area contributed by atoms with Gasteiger partial charge in [0.1, 0.15) is 18.5 Å². The van der Waals surface area contributed by atoms with Gasteiger partial charge in [-0.3, -0.25) is 4.57 Å². The van der Waals surface area contributed by atoms with Crippen molar-refractivity contribution in [3.63, 3.8) is 0 Å². The van der Waals surface area contributed by atoms with Crippen molar-refractivity contribution in [1.82, 2.24) is 24.8 Å². The third-order valence-electron chi connectivity index (χ3n) is 2.32. The number of imidazole rings is 1. The molecule has 0 fully saturated rings. The molecule has 2 aromatic heterocycles. The summed E-state index contributed by atoms with van der Waals surface area (Å²) in [6.07, 6.45) is 8.74. The van der Waals surface area contributed by atoms with Gasteiger partial charge in [-0.15, -0.1) is 0 Å². The van der Waals surface area contributed by atoms with Gasteiger partial charge in [0.15, 0.2) is 0 Å². The van der Waals surface area contributed by atoms with Crippen LogP contribution in [0.25, 0.3) is 5.82 Å². The summed E-state index contributed by atoms with van der Waals surface area (Å²) >= 11 is 0. The summed E-state index contributed by atoms with van der Waals surface area (Å²) in [4.78, 5) is 12.4. The Morgan fingerprint density at radius 1 is 1.29 bits per heavy atom. The minimum atomic E-state index is 0.0715. The van der Waals surface area contributed by atoms with Crippen LogP contribution in [0.3, 0.4) is 0 Å². The van der Waals surface area contributed by atoms with E-state index in [-0.39, 0.29) is 5.54 Å². The molecule has 0 aliphatic carbocycles. The lowest BCUT2D eigenvalue weighted by atomic mass is 10.1. The van der Waals surface area contributed by atoms with Crippen LogP contribution in [-0.2, 0) is 6.54 Å². The molecule has 2 rings (SSSR count). The Hall–Kier alpha value is -1.75. The fraction of sp³-hybridized carbons (Fsp3) is 0.417. The minimum Gasteiger partial charge on any atom is -0.308 e. The first-order valence-electron chi connectivity index (χ1n) is 5.58. The summed E-state index contributed by atoms with van der Waals surface area (Å²) in [5, 5.41) is 3.43. The minimum absolute atomic E-state index is 0.0715. The molecule has 5 heteroatoms. The van der Waals surface area contributed by atoms with E-state index < -0.39 is 0 Å². The van der Waals surface area contributed by atoms with Crippen LogP contribution in [0.1, 0.15) is 26.3 Å². The van der Waals surface area contributed by atoms with Crippen molar-refractivity contribution in [2.24, 2.45) is 0 Å². The topological polar surface area (TPSA) is 55.6 Å². The summed E-state index contributed by atoms with van der Waals surface area (Å²) in [5.41, 5.74) is 1.13. The number of hydrogen-bond acceptors (Lipinski definition) is 4. The normalized spacial score (nSPS) is 11.7. The number of rotatable bonds is 3. The highest BCUT2D eigenvalue weighted by molar-refractivity contribution is 5.31. The molecule has 90 valence electrons. The zero-order valence-corrected chi connectivity index (χ0v) is 10.4. The molecule has 0 aliphatic heterocycles. The first-order chi connectivity index (χ1) is 8.06. The van der Waals surface area contributed by atoms with Crippen LogP contribution in [0.15, 0.2) is 31.2 Å². The summed E-state index contributed by atoms with van der Waals surface area (Å²) in [5.74, 6) is 0.870. The second kappa shape index (κ2) is 4.63. The van der Waals surface area contributed by atoms with Crippen LogP contribution in [0, 0.1) is 0 Å². The highest BCUT2D eigenvalue weighted by Gasteiger charge is 2.11. The number of nitrogens with one attached hydrogen (secondary N) is 1. The lowest BCUT2D eigenvalue weighted by Crippen LogP contribution is -2.35. The van der Waals surface area contributed by atoms with Crippen LogP contribution in [0.5, 0.6) is 0 Å². The molecule has 0 aliphatic rings. The van der Waals surface area contributed by atoms with Gasteiger partial charge in [0.05, 0.1) is 0 Å². The maximum atomic E-state index is 4.29. The van der Waals surface area contributed by atoms with Crippen LogP contribution >= 0.6 is 0 Å². The molecule has 0 radical (unpaired) electrons. The first-order valence-corrected chi connectivity index (χ1v) is 5.58. The molecule has 0 atom stereocenters. The van der Waals surface area contributed by atoms with Crippen molar-refractivity contribution < 1.29 is 0 Å². The van der Waals surface area contributed by atoms with Gasteiger partial charge >= 0.3 is 0 Å². The molecule has 0 unspecified atom stereocenters. The second-order valence-electron chi connectivity index (χ2n) is 4.95. The third-order valence-corrected chi connectivity index (χ3v) is 2.32. The predicted molar refractivity (Wildman–Crippen MR) is 65.7 cm³/mol. The van der Waals surface area contributed by atoms with E-state index >= 15 is 0 Å². The Labute approximate surface area is 101 Å². The van der Waals surface area contributed by atoms with Crippen molar-refractivity contribution in [3.05, 3.63) is 36.8 Å². The lowest BCUT2D eigenvalue weighted by molar-refractivity contribution is 0.423. The Kier molecular flexibility index (Phi) is 3.19. The molecular formula is C12H17N5. The zero-order chi connectivity index (χ0) is 12.3. The van der Waals surface area contributed by atoms with Gasteiger partial charge < -0.3 is 5.32 Å². The molecule has 2 aromatic rings. The molecule has 0 spiro atoms. The van der Waals surface area contributed by atoms with Crippen molar-refractivity contribution in [2.45, 2.75) is 32.9 Å². The van der Waals surface area contributed by atoms with E-state index in [1.54, 1.807) is 18.9 Å². The van der Waals surface area contributed by atoms with Gasteiger partial charge in [0, 0.05) is 36.2 Å². The van der Waals surface area contributed by atoms with Gasteiger partial charge in [0.25, 0.3) is 0 Å². The zero-order valence-electron chi connectivity index (χ0n) is 10.4. The standard InChI is InChI=1S/C12H17N5/c1-12(2,3)16-7-10-6-14-8-15-11(10)17-5-4-13-9-17/h4-6,8-9,16H,7H2,1-3H3. The molecular weight excluding hydrogens is 214 g/mol. The van der Waals surface area contributed by atoms with Gasteiger partial charge in [0.2, 0.25) is 0 Å². The van der Waals surface area contributed by atoms with Crippen molar-refractivity contribution in [1.29, 1.82) is 0 Å². The Bertz CT molecular complexity index is 470. The summed E-state index contributed by atoms with van der Waals surface area (Å²) in [7, 11) is 0. The number of nitrogens with zero attached hydrogens (tertiary/aromatic N) is 4. The van der Waals surface area contributed by atoms with E-state index in [4.69, 9.17) is 0 Å². The third kappa shape index (κ3) is 3.10. The van der Waals surface area contributed by atoms with Crippen LogP contribution in [-0.4, -0.2) is 25.1 Å². The number of hydrogen-bond donors (Lipinski definition) is 1.